The molecule has 0 atom stereocenters. The van der Waals surface area contributed by atoms with Crippen molar-refractivity contribution >= 4 is 38.9 Å². The van der Waals surface area contributed by atoms with Crippen LogP contribution in [0.25, 0.3) is 10.2 Å². The summed E-state index contributed by atoms with van der Waals surface area (Å²) in [5.41, 5.74) is 0.866. The molecule has 6 heteroatoms. The fourth-order valence-electron chi connectivity index (χ4n) is 1.87. The highest BCUT2D eigenvalue weighted by molar-refractivity contribution is 7.18. The molecule has 1 N–H and O–H groups in total. The van der Waals surface area contributed by atoms with Crippen LogP contribution in [0.4, 0.5) is 0 Å². The summed E-state index contributed by atoms with van der Waals surface area (Å²) >= 11 is 2.86. The molecule has 1 aromatic carbocycles. The van der Waals surface area contributed by atoms with Crippen molar-refractivity contribution in [3.05, 3.63) is 45.1 Å². The molecule has 2 heterocycles. The summed E-state index contributed by atoms with van der Waals surface area (Å²) < 4.78 is 6.87. The highest BCUT2D eigenvalue weighted by Gasteiger charge is 2.10. The molecule has 0 aliphatic heterocycles. The average Bonchev–Trinajstić information content (AvgIpc) is 3.01. The lowest BCUT2D eigenvalue weighted by atomic mass is 10.3. The van der Waals surface area contributed by atoms with E-state index in [0.29, 0.717) is 11.5 Å². The van der Waals surface area contributed by atoms with Gasteiger partial charge in [0.15, 0.2) is 0 Å². The summed E-state index contributed by atoms with van der Waals surface area (Å²) in [6.45, 7) is 2.32. The molecule has 0 fully saturated rings. The van der Waals surface area contributed by atoms with Gasteiger partial charge < -0.3 is 9.84 Å². The second kappa shape index (κ2) is 5.22. The van der Waals surface area contributed by atoms with Gasteiger partial charge in [-0.1, -0.05) is 6.07 Å². The van der Waals surface area contributed by atoms with E-state index in [4.69, 9.17) is 9.84 Å². The number of aromatic nitrogens is 1. The van der Waals surface area contributed by atoms with Crippen molar-refractivity contribution in [1.82, 2.24) is 4.98 Å². The number of para-hydroxylation sites is 1. The van der Waals surface area contributed by atoms with E-state index in [1.807, 2.05) is 25.1 Å². The van der Waals surface area contributed by atoms with Gasteiger partial charge in [-0.3, -0.25) is 0 Å². The van der Waals surface area contributed by atoms with Crippen LogP contribution in [0.5, 0.6) is 5.75 Å². The van der Waals surface area contributed by atoms with Gasteiger partial charge in [0.2, 0.25) is 0 Å². The Morgan fingerprint density at radius 3 is 2.90 bits per heavy atom. The molecule has 2 aromatic heterocycles. The molecular formula is C14H11NO3S2. The van der Waals surface area contributed by atoms with Crippen molar-refractivity contribution in [3.8, 4) is 5.75 Å². The summed E-state index contributed by atoms with van der Waals surface area (Å²) in [5, 5.41) is 9.89. The Kier molecular flexibility index (Phi) is 3.42. The van der Waals surface area contributed by atoms with Gasteiger partial charge in [-0.05, 0) is 31.2 Å². The Bertz CT molecular complexity index is 776. The van der Waals surface area contributed by atoms with Crippen molar-refractivity contribution in [3.63, 3.8) is 0 Å². The van der Waals surface area contributed by atoms with Crippen LogP contribution < -0.4 is 4.74 Å². The number of aryl methyl sites for hydroxylation is 1. The minimum Gasteiger partial charge on any atom is -0.486 e. The minimum atomic E-state index is -0.904. The number of nitrogens with zero attached hydrogens (tertiary/aromatic N) is 1. The number of hydrogen-bond acceptors (Lipinski definition) is 5. The average molecular weight is 305 g/mol. The van der Waals surface area contributed by atoms with Gasteiger partial charge in [0.25, 0.3) is 0 Å². The van der Waals surface area contributed by atoms with E-state index in [1.165, 1.54) is 11.3 Å². The third kappa shape index (κ3) is 2.52. The fraction of sp³-hybridized carbons (Fsp3) is 0.143. The van der Waals surface area contributed by atoms with E-state index in [1.54, 1.807) is 23.5 Å². The summed E-state index contributed by atoms with van der Waals surface area (Å²) in [4.78, 5) is 16.5. The highest BCUT2D eigenvalue weighted by atomic mass is 32.1. The number of thiophene rings is 1. The number of carboxylic acid groups (broad SMARTS) is 1. The second-order valence-corrected chi connectivity index (χ2v) is 6.60. The molecule has 0 spiro atoms. The standard InChI is InChI=1S/C14H11NO3S2/c1-8-15-13-10(3-2-4-11(13)19-8)18-7-9-5-6-12(20-9)14(16)17/h2-6H,7H2,1H3,(H,16,17). The largest absolute Gasteiger partial charge is 0.486 e. The molecule has 0 unspecified atom stereocenters. The monoisotopic (exact) mass is 305 g/mol. The van der Waals surface area contributed by atoms with Gasteiger partial charge in [0.05, 0.1) is 9.71 Å². The Hall–Kier alpha value is -1.92. The molecule has 0 aliphatic rings. The number of thiazole rings is 1. The van der Waals surface area contributed by atoms with Crippen LogP contribution in [-0.4, -0.2) is 16.1 Å². The SMILES string of the molecule is Cc1nc2c(OCc3ccc(C(=O)O)s3)cccc2s1. The van der Waals surface area contributed by atoms with Gasteiger partial charge in [-0.25, -0.2) is 9.78 Å². The zero-order valence-electron chi connectivity index (χ0n) is 10.6. The quantitative estimate of drug-likeness (QED) is 0.793. The van der Waals surface area contributed by atoms with Crippen LogP contribution >= 0.6 is 22.7 Å². The van der Waals surface area contributed by atoms with E-state index in [9.17, 15) is 4.79 Å². The van der Waals surface area contributed by atoms with Crippen molar-refractivity contribution in [1.29, 1.82) is 0 Å². The number of aromatic carboxylic acids is 1. The Balaban J connectivity index is 1.81. The number of carbonyl (C=O) groups is 1. The van der Waals surface area contributed by atoms with Crippen LogP contribution in [0.1, 0.15) is 19.6 Å². The Morgan fingerprint density at radius 1 is 1.30 bits per heavy atom. The molecular weight excluding hydrogens is 294 g/mol. The molecule has 4 nitrogen and oxygen atoms in total. The van der Waals surface area contributed by atoms with E-state index in [2.05, 4.69) is 4.98 Å². The van der Waals surface area contributed by atoms with Crippen LogP contribution in [0.15, 0.2) is 30.3 Å². The normalized spacial score (nSPS) is 10.8. The van der Waals surface area contributed by atoms with Gasteiger partial charge in [-0.2, -0.15) is 0 Å². The number of carboxylic acids is 1. The van der Waals surface area contributed by atoms with E-state index in [-0.39, 0.29) is 0 Å². The molecule has 0 aliphatic carbocycles. The topological polar surface area (TPSA) is 59.4 Å². The third-order valence-corrected chi connectivity index (χ3v) is 4.71. The van der Waals surface area contributed by atoms with Crippen molar-refractivity contribution in [2.24, 2.45) is 0 Å². The summed E-state index contributed by atoms with van der Waals surface area (Å²) in [7, 11) is 0. The van der Waals surface area contributed by atoms with Crippen LogP contribution in [0, 0.1) is 6.92 Å². The van der Waals surface area contributed by atoms with Crippen molar-refractivity contribution < 1.29 is 14.6 Å². The summed E-state index contributed by atoms with van der Waals surface area (Å²) in [6.07, 6.45) is 0. The predicted molar refractivity (Wildman–Crippen MR) is 80.0 cm³/mol. The molecule has 0 saturated heterocycles. The smallest absolute Gasteiger partial charge is 0.345 e. The van der Waals surface area contributed by atoms with Crippen LogP contribution in [0.3, 0.4) is 0 Å². The van der Waals surface area contributed by atoms with Gasteiger partial charge >= 0.3 is 5.97 Å². The van der Waals surface area contributed by atoms with Crippen molar-refractivity contribution in [2.75, 3.05) is 0 Å². The number of hydrogen-bond donors (Lipinski definition) is 1. The van der Waals surface area contributed by atoms with E-state index in [0.717, 1.165) is 25.9 Å². The number of rotatable bonds is 4. The zero-order valence-corrected chi connectivity index (χ0v) is 12.3. The molecule has 0 bridgehead atoms. The third-order valence-electron chi connectivity index (χ3n) is 2.73. The lowest BCUT2D eigenvalue weighted by molar-refractivity contribution is 0.0702. The molecule has 3 aromatic rings. The highest BCUT2D eigenvalue weighted by Crippen LogP contribution is 2.30. The second-order valence-electron chi connectivity index (χ2n) is 4.20. The number of benzene rings is 1. The molecule has 0 saturated carbocycles. The predicted octanol–water partition coefficient (Wildman–Crippen LogP) is 3.94. The van der Waals surface area contributed by atoms with E-state index < -0.39 is 5.97 Å². The van der Waals surface area contributed by atoms with Gasteiger partial charge in [-0.15, -0.1) is 22.7 Å². The molecule has 20 heavy (non-hydrogen) atoms. The lowest BCUT2D eigenvalue weighted by Gasteiger charge is -2.04. The first-order chi connectivity index (χ1) is 9.63. The first-order valence-corrected chi connectivity index (χ1v) is 7.58. The van der Waals surface area contributed by atoms with Crippen molar-refractivity contribution in [2.45, 2.75) is 13.5 Å². The fourth-order valence-corrected chi connectivity index (χ4v) is 3.47. The maximum absolute atomic E-state index is 10.8. The lowest BCUT2D eigenvalue weighted by Crippen LogP contribution is -1.94. The summed E-state index contributed by atoms with van der Waals surface area (Å²) in [5.74, 6) is -0.171. The Morgan fingerprint density at radius 2 is 2.15 bits per heavy atom. The maximum atomic E-state index is 10.8. The summed E-state index contributed by atoms with van der Waals surface area (Å²) in [6, 6.07) is 9.21. The number of fused-ring (bicyclic) bond motifs is 1. The zero-order chi connectivity index (χ0) is 14.1. The first-order valence-electron chi connectivity index (χ1n) is 5.94. The minimum absolute atomic E-state index is 0.325. The van der Waals surface area contributed by atoms with E-state index >= 15 is 0 Å². The van der Waals surface area contributed by atoms with Gasteiger partial charge in [0.1, 0.15) is 22.8 Å². The van der Waals surface area contributed by atoms with Crippen LogP contribution in [-0.2, 0) is 6.61 Å². The van der Waals surface area contributed by atoms with Gasteiger partial charge in [0, 0.05) is 4.88 Å². The number of ether oxygens (including phenoxy) is 1. The van der Waals surface area contributed by atoms with Crippen LogP contribution in [0.2, 0.25) is 0 Å². The maximum Gasteiger partial charge on any atom is 0.345 e. The Labute approximate surface area is 123 Å². The molecule has 3 rings (SSSR count). The molecule has 102 valence electrons. The first kappa shape index (κ1) is 13.1. The molecule has 0 radical (unpaired) electrons. The molecule has 0 amide bonds.